The van der Waals surface area contributed by atoms with Crippen molar-refractivity contribution in [3.8, 4) is 11.5 Å². The molecular weight excluding hydrogens is 350 g/mol. The second-order valence-electron chi connectivity index (χ2n) is 6.49. The minimum Gasteiger partial charge on any atom is -0.494 e. The summed E-state index contributed by atoms with van der Waals surface area (Å²) in [7, 11) is 0. The van der Waals surface area contributed by atoms with E-state index in [0.717, 1.165) is 18.4 Å². The molecule has 0 aliphatic rings. The van der Waals surface area contributed by atoms with Crippen molar-refractivity contribution in [3.63, 3.8) is 0 Å². The van der Waals surface area contributed by atoms with Crippen LogP contribution in [0.1, 0.15) is 35.7 Å². The molecular formula is C24H25NO3. The van der Waals surface area contributed by atoms with Gasteiger partial charge < -0.3 is 14.8 Å². The number of amides is 1. The molecule has 144 valence electrons. The largest absolute Gasteiger partial charge is 0.494 e. The van der Waals surface area contributed by atoms with E-state index in [2.05, 4.69) is 12.2 Å². The van der Waals surface area contributed by atoms with Gasteiger partial charge in [-0.3, -0.25) is 4.79 Å². The lowest BCUT2D eigenvalue weighted by atomic mass is 10.2. The molecule has 0 spiro atoms. The van der Waals surface area contributed by atoms with Crippen LogP contribution in [-0.4, -0.2) is 12.5 Å². The number of carbonyl (C=O) groups is 1. The Kier molecular flexibility index (Phi) is 7.08. The van der Waals surface area contributed by atoms with Crippen LogP contribution in [0, 0.1) is 0 Å². The summed E-state index contributed by atoms with van der Waals surface area (Å²) in [4.78, 5) is 12.6. The van der Waals surface area contributed by atoms with Crippen LogP contribution in [-0.2, 0) is 6.61 Å². The first kappa shape index (κ1) is 19.5. The molecule has 3 aromatic carbocycles. The average molecular weight is 375 g/mol. The maximum atomic E-state index is 12.6. The quantitative estimate of drug-likeness (QED) is 0.488. The molecule has 3 aromatic rings. The Morgan fingerprint density at radius 3 is 2.39 bits per heavy atom. The molecule has 0 saturated carbocycles. The van der Waals surface area contributed by atoms with E-state index in [1.807, 2.05) is 66.7 Å². The summed E-state index contributed by atoms with van der Waals surface area (Å²) in [5.41, 5.74) is 2.34. The van der Waals surface area contributed by atoms with Gasteiger partial charge in [0.05, 0.1) is 6.61 Å². The average Bonchev–Trinajstić information content (AvgIpc) is 2.74. The number of ether oxygens (including phenoxy) is 2. The van der Waals surface area contributed by atoms with Crippen molar-refractivity contribution in [2.75, 3.05) is 11.9 Å². The van der Waals surface area contributed by atoms with E-state index in [1.54, 1.807) is 12.1 Å². The van der Waals surface area contributed by atoms with Crippen LogP contribution in [0.4, 0.5) is 5.69 Å². The Hall–Kier alpha value is -3.27. The first-order valence-electron chi connectivity index (χ1n) is 9.55. The molecule has 0 fully saturated rings. The molecule has 3 rings (SSSR count). The summed E-state index contributed by atoms with van der Waals surface area (Å²) in [5, 5.41) is 2.92. The van der Waals surface area contributed by atoms with Crippen molar-refractivity contribution in [3.05, 3.63) is 90.0 Å². The summed E-state index contributed by atoms with van der Waals surface area (Å²) in [6.07, 6.45) is 2.06. The van der Waals surface area contributed by atoms with Crippen LogP contribution in [0.5, 0.6) is 11.5 Å². The maximum absolute atomic E-state index is 12.6. The van der Waals surface area contributed by atoms with Gasteiger partial charge in [0.1, 0.15) is 18.1 Å². The molecule has 0 bridgehead atoms. The number of benzene rings is 3. The van der Waals surface area contributed by atoms with E-state index >= 15 is 0 Å². The molecule has 0 aliphatic heterocycles. The van der Waals surface area contributed by atoms with Gasteiger partial charge in [-0.25, -0.2) is 0 Å². The number of nitrogens with one attached hydrogen (secondary N) is 1. The lowest BCUT2D eigenvalue weighted by Crippen LogP contribution is -2.12. The lowest BCUT2D eigenvalue weighted by Gasteiger charge is -2.10. The number of hydrogen-bond donors (Lipinski definition) is 1. The SMILES string of the molecule is CCCCOc1cccc(C(=O)Nc2cccc(OCc3ccccc3)c2)c1. The standard InChI is InChI=1S/C24H25NO3/c1-2-3-15-27-22-13-7-11-20(16-22)24(26)25-21-12-8-14-23(17-21)28-18-19-9-5-4-6-10-19/h4-14,16-17H,2-3,15,18H2,1H3,(H,25,26). The Morgan fingerprint density at radius 2 is 1.61 bits per heavy atom. The molecule has 0 unspecified atom stereocenters. The molecule has 0 radical (unpaired) electrons. The minimum atomic E-state index is -0.179. The predicted octanol–water partition coefficient (Wildman–Crippen LogP) is 5.70. The van der Waals surface area contributed by atoms with E-state index in [4.69, 9.17) is 9.47 Å². The summed E-state index contributed by atoms with van der Waals surface area (Å²) >= 11 is 0. The highest BCUT2D eigenvalue weighted by atomic mass is 16.5. The molecule has 0 heterocycles. The van der Waals surface area contributed by atoms with Gasteiger partial charge in [0, 0.05) is 17.3 Å². The smallest absolute Gasteiger partial charge is 0.255 e. The van der Waals surface area contributed by atoms with E-state index < -0.39 is 0 Å². The van der Waals surface area contributed by atoms with E-state index in [0.29, 0.717) is 36.0 Å². The van der Waals surface area contributed by atoms with Crippen LogP contribution in [0.2, 0.25) is 0 Å². The number of carbonyl (C=O) groups excluding carboxylic acids is 1. The van der Waals surface area contributed by atoms with E-state index in [9.17, 15) is 4.79 Å². The van der Waals surface area contributed by atoms with Crippen molar-refractivity contribution in [1.82, 2.24) is 0 Å². The molecule has 1 amide bonds. The van der Waals surface area contributed by atoms with Gasteiger partial charge in [0.2, 0.25) is 0 Å². The van der Waals surface area contributed by atoms with Crippen LogP contribution in [0.3, 0.4) is 0 Å². The summed E-state index contributed by atoms with van der Waals surface area (Å²) in [6.45, 7) is 3.25. The Bertz CT molecular complexity index is 893. The lowest BCUT2D eigenvalue weighted by molar-refractivity contribution is 0.102. The molecule has 4 nitrogen and oxygen atoms in total. The fourth-order valence-corrected chi connectivity index (χ4v) is 2.67. The summed E-state index contributed by atoms with van der Waals surface area (Å²) < 4.78 is 11.5. The van der Waals surface area contributed by atoms with Gasteiger partial charge in [0.25, 0.3) is 5.91 Å². The van der Waals surface area contributed by atoms with Gasteiger partial charge in [-0.05, 0) is 42.3 Å². The predicted molar refractivity (Wildman–Crippen MR) is 112 cm³/mol. The number of rotatable bonds is 9. The fraction of sp³-hybridized carbons (Fsp3) is 0.208. The van der Waals surface area contributed by atoms with Gasteiger partial charge in [-0.15, -0.1) is 0 Å². The Labute approximate surface area is 166 Å². The second kappa shape index (κ2) is 10.2. The first-order chi connectivity index (χ1) is 13.7. The van der Waals surface area contributed by atoms with Gasteiger partial charge >= 0.3 is 0 Å². The molecule has 4 heteroatoms. The monoisotopic (exact) mass is 375 g/mol. The zero-order valence-electron chi connectivity index (χ0n) is 16.1. The van der Waals surface area contributed by atoms with E-state index in [1.165, 1.54) is 0 Å². The molecule has 1 N–H and O–H groups in total. The van der Waals surface area contributed by atoms with Crippen LogP contribution < -0.4 is 14.8 Å². The van der Waals surface area contributed by atoms with Crippen LogP contribution in [0.15, 0.2) is 78.9 Å². The van der Waals surface area contributed by atoms with Crippen molar-refractivity contribution in [2.45, 2.75) is 26.4 Å². The molecule has 28 heavy (non-hydrogen) atoms. The highest BCUT2D eigenvalue weighted by Gasteiger charge is 2.08. The first-order valence-corrected chi connectivity index (χ1v) is 9.55. The molecule has 0 aromatic heterocycles. The maximum Gasteiger partial charge on any atom is 0.255 e. The topological polar surface area (TPSA) is 47.6 Å². The van der Waals surface area contributed by atoms with Crippen LogP contribution in [0.25, 0.3) is 0 Å². The van der Waals surface area contributed by atoms with E-state index in [-0.39, 0.29) is 5.91 Å². The number of unbranched alkanes of at least 4 members (excludes halogenated alkanes) is 1. The van der Waals surface area contributed by atoms with Gasteiger partial charge in [-0.2, -0.15) is 0 Å². The van der Waals surface area contributed by atoms with Crippen molar-refractivity contribution in [2.24, 2.45) is 0 Å². The Morgan fingerprint density at radius 1 is 0.857 bits per heavy atom. The molecule has 0 saturated heterocycles. The molecule has 0 aliphatic carbocycles. The highest BCUT2D eigenvalue weighted by Crippen LogP contribution is 2.20. The highest BCUT2D eigenvalue weighted by molar-refractivity contribution is 6.04. The number of anilines is 1. The zero-order chi connectivity index (χ0) is 19.6. The third-order valence-electron chi connectivity index (χ3n) is 4.20. The second-order valence-corrected chi connectivity index (χ2v) is 6.49. The third-order valence-corrected chi connectivity index (χ3v) is 4.20. The fourth-order valence-electron chi connectivity index (χ4n) is 2.67. The van der Waals surface area contributed by atoms with Crippen LogP contribution >= 0.6 is 0 Å². The van der Waals surface area contributed by atoms with Crippen molar-refractivity contribution >= 4 is 11.6 Å². The van der Waals surface area contributed by atoms with Crippen molar-refractivity contribution < 1.29 is 14.3 Å². The summed E-state index contributed by atoms with van der Waals surface area (Å²) in [6, 6.07) is 24.6. The van der Waals surface area contributed by atoms with Crippen molar-refractivity contribution in [1.29, 1.82) is 0 Å². The Balaban J connectivity index is 1.60. The zero-order valence-corrected chi connectivity index (χ0v) is 16.1. The number of hydrogen-bond acceptors (Lipinski definition) is 3. The summed E-state index contributed by atoms with van der Waals surface area (Å²) in [5.74, 6) is 1.24. The molecule has 0 atom stereocenters. The third kappa shape index (κ3) is 5.88. The van der Waals surface area contributed by atoms with Gasteiger partial charge in [0.15, 0.2) is 0 Å². The normalized spacial score (nSPS) is 10.3. The minimum absolute atomic E-state index is 0.179. The van der Waals surface area contributed by atoms with Gasteiger partial charge in [-0.1, -0.05) is 55.8 Å².